The number of hydrogen-bond acceptors (Lipinski definition) is 14. The second kappa shape index (κ2) is 11.8. The third kappa shape index (κ3) is 13.2. The maximum absolute atomic E-state index is 9.10. The summed E-state index contributed by atoms with van der Waals surface area (Å²) in [6.07, 6.45) is 2.84. The van der Waals surface area contributed by atoms with Gasteiger partial charge in [-0.3, -0.25) is 10.7 Å². The van der Waals surface area contributed by atoms with Crippen LogP contribution in [0.4, 0.5) is 5.82 Å². The van der Waals surface area contributed by atoms with Gasteiger partial charge in [-0.2, -0.15) is 15.6 Å². The van der Waals surface area contributed by atoms with E-state index in [-0.39, 0.29) is 0 Å². The molecule has 1 aromatic heterocycles. The van der Waals surface area contributed by atoms with E-state index in [9.17, 15) is 0 Å². The summed E-state index contributed by atoms with van der Waals surface area (Å²) < 4.78 is 17.1. The van der Waals surface area contributed by atoms with Crippen LogP contribution in [0.25, 0.3) is 0 Å². The molecule has 1 aliphatic rings. The molecule has 0 atom stereocenters. The van der Waals surface area contributed by atoms with Crippen molar-refractivity contribution in [3.05, 3.63) is 28.2 Å². The molecule has 0 saturated carbocycles. The van der Waals surface area contributed by atoms with Crippen molar-refractivity contribution in [2.24, 2.45) is 0 Å². The summed E-state index contributed by atoms with van der Waals surface area (Å²) >= 11 is 1.88. The van der Waals surface area contributed by atoms with E-state index in [0.29, 0.717) is 18.2 Å². The number of thioether (sulfide) groups is 1. The summed E-state index contributed by atoms with van der Waals surface area (Å²) in [7, 11) is -10.8. The molecule has 0 saturated heterocycles. The highest BCUT2D eigenvalue weighted by Crippen LogP contribution is 2.35. The number of anilines is 1. The van der Waals surface area contributed by atoms with E-state index >= 15 is 0 Å². The number of hydrogen-bond donors (Lipinski definition) is 2. The zero-order valence-corrected chi connectivity index (χ0v) is 17.7. The molecule has 2 rings (SSSR count). The van der Waals surface area contributed by atoms with E-state index in [1.54, 1.807) is 13.1 Å². The number of rotatable bonds is 4. The number of nitrogens with zero attached hydrogens (tertiary/aromatic N) is 3. The third-order valence-corrected chi connectivity index (χ3v) is 4.42. The minimum atomic E-state index is -5.39. The molecule has 162 valence electrons. The van der Waals surface area contributed by atoms with Gasteiger partial charge in [0.25, 0.3) is 0 Å². The predicted molar refractivity (Wildman–Crippen MR) is 88.4 cm³/mol. The van der Waals surface area contributed by atoms with Crippen LogP contribution < -0.4 is 34.8 Å². The Morgan fingerprint density at radius 2 is 1.68 bits per heavy atom. The van der Waals surface area contributed by atoms with Gasteiger partial charge >= 0.3 is 0 Å². The fourth-order valence-electron chi connectivity index (χ4n) is 1.97. The van der Waals surface area contributed by atoms with Crippen LogP contribution in [0.2, 0.25) is 0 Å². The van der Waals surface area contributed by atoms with Gasteiger partial charge in [0.2, 0.25) is 0 Å². The molecule has 1 aliphatic heterocycles. The van der Waals surface area contributed by atoms with Crippen molar-refractivity contribution in [3.8, 4) is 0 Å². The van der Waals surface area contributed by atoms with Gasteiger partial charge in [0.1, 0.15) is 5.82 Å². The summed E-state index contributed by atoms with van der Waals surface area (Å²) in [5.74, 6) is 2.09. The standard InChI is InChI=1S/C12H18N4OS.2H3O4P/c1-4-11-8(2)16(7-18-11)6-10-5-13-9(3)14-12(10)15-17;2*1-5(2,3)4/h5,17H,4,6-7H2,1-3H3,(H,13,14,15);2*(H3,1,2,3,4)/p-6. The van der Waals surface area contributed by atoms with Crippen molar-refractivity contribution in [2.45, 2.75) is 33.7 Å². The minimum Gasteiger partial charge on any atom is -0.822 e. The molecule has 2 N–H and O–H groups in total. The topological polar surface area (TPSA) is 234 Å². The van der Waals surface area contributed by atoms with Gasteiger partial charge in [0.15, 0.2) is 5.82 Å². The molecule has 0 spiro atoms. The maximum atomic E-state index is 9.10. The van der Waals surface area contributed by atoms with Gasteiger partial charge in [0.05, 0.1) is 5.88 Å². The number of aryl methyl sites for hydroxylation is 1. The lowest BCUT2D eigenvalue weighted by atomic mass is 10.2. The summed E-state index contributed by atoms with van der Waals surface area (Å²) in [5.41, 5.74) is 4.36. The van der Waals surface area contributed by atoms with Crippen LogP contribution in [-0.4, -0.2) is 26.0 Å². The van der Waals surface area contributed by atoms with Gasteiger partial charge in [-0.15, -0.1) is 11.8 Å². The van der Waals surface area contributed by atoms with Crippen molar-refractivity contribution in [3.63, 3.8) is 0 Å². The highest BCUT2D eigenvalue weighted by atomic mass is 32.2. The lowest BCUT2D eigenvalue weighted by Crippen LogP contribution is -2.24. The number of phosphoric acid groups is 2. The first-order valence-electron chi connectivity index (χ1n) is 7.41. The quantitative estimate of drug-likeness (QED) is 0.341. The largest absolute Gasteiger partial charge is 0.822 e. The summed E-state index contributed by atoms with van der Waals surface area (Å²) in [4.78, 5) is 63.4. The third-order valence-electron chi connectivity index (χ3n) is 3.05. The van der Waals surface area contributed by atoms with E-state index in [2.05, 4.69) is 34.2 Å². The van der Waals surface area contributed by atoms with Gasteiger partial charge in [0, 0.05) is 28.9 Å². The summed E-state index contributed by atoms with van der Waals surface area (Å²) in [6, 6.07) is 0. The van der Waals surface area contributed by atoms with Crippen LogP contribution in [0.15, 0.2) is 16.8 Å². The second-order valence-corrected chi connectivity index (χ2v) is 7.96. The number of allylic oxidation sites excluding steroid dienone is 2. The van der Waals surface area contributed by atoms with E-state index in [0.717, 1.165) is 17.9 Å². The molecule has 0 amide bonds. The van der Waals surface area contributed by atoms with Crippen LogP contribution >= 0.6 is 27.4 Å². The Morgan fingerprint density at radius 1 is 1.18 bits per heavy atom. The Balaban J connectivity index is 0.000000607. The molecule has 0 aromatic carbocycles. The molecular weight excluding hydrogens is 438 g/mol. The monoisotopic (exact) mass is 456 g/mol. The fraction of sp³-hybridized carbons (Fsp3) is 0.500. The minimum absolute atomic E-state index is 0.491. The van der Waals surface area contributed by atoms with Crippen LogP contribution in [0.3, 0.4) is 0 Å². The zero-order chi connectivity index (χ0) is 22.1. The zero-order valence-electron chi connectivity index (χ0n) is 15.1. The van der Waals surface area contributed by atoms with Gasteiger partial charge < -0.3 is 43.4 Å². The van der Waals surface area contributed by atoms with Crippen molar-refractivity contribution in [2.75, 3.05) is 11.4 Å². The Bertz CT molecular complexity index is 731. The van der Waals surface area contributed by atoms with E-state index in [4.69, 9.17) is 43.7 Å². The molecule has 0 radical (unpaired) electrons. The molecule has 0 fully saturated rings. The van der Waals surface area contributed by atoms with Crippen molar-refractivity contribution in [1.82, 2.24) is 14.9 Å². The van der Waals surface area contributed by atoms with Crippen LogP contribution in [0.5, 0.6) is 0 Å². The first kappa shape index (κ1) is 27.0. The smallest absolute Gasteiger partial charge is 0.158 e. The summed E-state index contributed by atoms with van der Waals surface area (Å²) in [5, 5.41) is 9.10. The molecular formula is C12H18N4O9P2S-6. The first-order valence-corrected chi connectivity index (χ1v) is 11.3. The van der Waals surface area contributed by atoms with Gasteiger partial charge in [-0.25, -0.2) is 9.97 Å². The highest BCUT2D eigenvalue weighted by Gasteiger charge is 2.20. The Hall–Kier alpha value is -1.05. The molecule has 1 aromatic rings. The molecule has 28 heavy (non-hydrogen) atoms. The number of aromatic nitrogens is 2. The van der Waals surface area contributed by atoms with Gasteiger partial charge in [-0.1, -0.05) is 6.92 Å². The fourth-order valence-corrected chi connectivity index (χ4v) is 3.11. The van der Waals surface area contributed by atoms with E-state index in [1.165, 1.54) is 10.6 Å². The predicted octanol–water partition coefficient (Wildman–Crippen LogP) is -2.92. The van der Waals surface area contributed by atoms with Crippen molar-refractivity contribution >= 4 is 33.2 Å². The van der Waals surface area contributed by atoms with Crippen molar-refractivity contribution in [1.29, 1.82) is 0 Å². The number of nitrogens with one attached hydrogen (secondary N) is 1. The molecule has 16 heteroatoms. The molecule has 0 bridgehead atoms. The molecule has 2 heterocycles. The Kier molecular flexibility index (Phi) is 11.4. The normalized spacial score (nSPS) is 14.1. The average molecular weight is 456 g/mol. The molecule has 0 aliphatic carbocycles. The second-order valence-electron chi connectivity index (χ2n) is 5.13. The van der Waals surface area contributed by atoms with Crippen LogP contribution in [0, 0.1) is 6.92 Å². The highest BCUT2D eigenvalue weighted by molar-refractivity contribution is 8.03. The SMILES string of the molecule is CCC1=C(C)N(Cc2cnc(C)nc2NO)CS1.O=P([O-])([O-])[O-].O=P([O-])([O-])[O-]. The van der Waals surface area contributed by atoms with E-state index in [1.807, 2.05) is 11.8 Å². The molecule has 13 nitrogen and oxygen atoms in total. The molecule has 0 unspecified atom stereocenters. The Labute approximate surface area is 165 Å². The lowest BCUT2D eigenvalue weighted by Gasteiger charge is -2.36. The van der Waals surface area contributed by atoms with Gasteiger partial charge in [-0.05, 0) is 20.3 Å². The van der Waals surface area contributed by atoms with Crippen molar-refractivity contribution < 1.29 is 43.7 Å². The first-order chi connectivity index (χ1) is 12.7. The van der Waals surface area contributed by atoms with Crippen LogP contribution in [-0.2, 0) is 15.7 Å². The van der Waals surface area contributed by atoms with E-state index < -0.39 is 15.6 Å². The van der Waals surface area contributed by atoms with Crippen LogP contribution in [0.1, 0.15) is 31.7 Å². The average Bonchev–Trinajstić information content (AvgIpc) is 2.86. The summed E-state index contributed by atoms with van der Waals surface area (Å²) in [6.45, 7) is 6.83. The Morgan fingerprint density at radius 3 is 2.07 bits per heavy atom. The lowest BCUT2D eigenvalue weighted by molar-refractivity contribution is -0.434. The maximum Gasteiger partial charge on any atom is 0.158 e.